The SMILES string of the molecule is CCOCCc1ccc(N=Nc2ccc(-c3ccc(CC(C)=O)cc3)cc2)cc1. The largest absolute Gasteiger partial charge is 0.381 e. The monoisotopic (exact) mass is 386 g/mol. The molecule has 0 N–H and O–H groups in total. The lowest BCUT2D eigenvalue weighted by Gasteiger charge is -2.04. The van der Waals surface area contributed by atoms with E-state index in [9.17, 15) is 4.79 Å². The summed E-state index contributed by atoms with van der Waals surface area (Å²) in [7, 11) is 0. The van der Waals surface area contributed by atoms with Crippen LogP contribution in [0, 0.1) is 0 Å². The van der Waals surface area contributed by atoms with Crippen LogP contribution in [0.15, 0.2) is 83.0 Å². The molecule has 0 bridgehead atoms. The molecule has 0 aliphatic rings. The Kier molecular flexibility index (Phi) is 7.42. The molecule has 29 heavy (non-hydrogen) atoms. The summed E-state index contributed by atoms with van der Waals surface area (Å²) in [6, 6.07) is 24.1. The summed E-state index contributed by atoms with van der Waals surface area (Å²) in [4.78, 5) is 11.2. The summed E-state index contributed by atoms with van der Waals surface area (Å²) in [5.74, 6) is 0.174. The van der Waals surface area contributed by atoms with Gasteiger partial charge in [-0.2, -0.15) is 10.2 Å². The van der Waals surface area contributed by atoms with Crippen molar-refractivity contribution in [3.05, 3.63) is 83.9 Å². The average Bonchev–Trinajstić information content (AvgIpc) is 2.74. The first kappa shape index (κ1) is 20.6. The van der Waals surface area contributed by atoms with Crippen molar-refractivity contribution in [2.75, 3.05) is 13.2 Å². The molecule has 0 radical (unpaired) electrons. The third-order valence-corrected chi connectivity index (χ3v) is 4.56. The Hall–Kier alpha value is -3.11. The summed E-state index contributed by atoms with van der Waals surface area (Å²) < 4.78 is 5.38. The van der Waals surface area contributed by atoms with Crippen molar-refractivity contribution >= 4 is 17.2 Å². The fraction of sp³-hybridized carbons (Fsp3) is 0.240. The Labute approximate surface area is 172 Å². The lowest BCUT2D eigenvalue weighted by atomic mass is 10.0. The molecular weight excluding hydrogens is 360 g/mol. The molecule has 0 amide bonds. The van der Waals surface area contributed by atoms with Gasteiger partial charge in [0.05, 0.1) is 18.0 Å². The fourth-order valence-electron chi connectivity index (χ4n) is 3.00. The van der Waals surface area contributed by atoms with Crippen LogP contribution in [0.3, 0.4) is 0 Å². The van der Waals surface area contributed by atoms with Crippen molar-refractivity contribution in [1.29, 1.82) is 0 Å². The van der Waals surface area contributed by atoms with Crippen LogP contribution in [0.5, 0.6) is 0 Å². The van der Waals surface area contributed by atoms with Gasteiger partial charge in [0, 0.05) is 13.0 Å². The summed E-state index contributed by atoms with van der Waals surface area (Å²) in [6.45, 7) is 5.10. The van der Waals surface area contributed by atoms with Crippen molar-refractivity contribution in [2.45, 2.75) is 26.7 Å². The minimum Gasteiger partial charge on any atom is -0.381 e. The Balaban J connectivity index is 1.60. The number of benzene rings is 3. The first-order valence-corrected chi connectivity index (χ1v) is 9.91. The number of carbonyl (C=O) groups excluding carboxylic acids is 1. The first-order valence-electron chi connectivity index (χ1n) is 9.91. The van der Waals surface area contributed by atoms with Gasteiger partial charge in [-0.15, -0.1) is 0 Å². The zero-order chi connectivity index (χ0) is 20.5. The van der Waals surface area contributed by atoms with E-state index in [1.54, 1.807) is 6.92 Å². The number of Topliss-reactive ketones (excluding diaryl/α,β-unsaturated/α-hetero) is 1. The van der Waals surface area contributed by atoms with Gasteiger partial charge in [-0.25, -0.2) is 0 Å². The van der Waals surface area contributed by atoms with Crippen molar-refractivity contribution < 1.29 is 9.53 Å². The van der Waals surface area contributed by atoms with Gasteiger partial charge in [0.25, 0.3) is 0 Å². The summed E-state index contributed by atoms with van der Waals surface area (Å²) in [5, 5.41) is 8.64. The van der Waals surface area contributed by atoms with Gasteiger partial charge < -0.3 is 4.74 Å². The second kappa shape index (κ2) is 10.4. The Morgan fingerprint density at radius 1 is 0.759 bits per heavy atom. The molecule has 4 nitrogen and oxygen atoms in total. The standard InChI is InChI=1S/C25H26N2O2/c1-3-29-17-16-20-6-12-24(13-7-20)26-27-25-14-10-23(11-15-25)22-8-4-21(5-9-22)18-19(2)28/h4-15H,3,16-18H2,1-2H3. The minimum atomic E-state index is 0.174. The van der Waals surface area contributed by atoms with E-state index >= 15 is 0 Å². The van der Waals surface area contributed by atoms with Crippen LogP contribution in [0.2, 0.25) is 0 Å². The van der Waals surface area contributed by atoms with E-state index in [2.05, 4.69) is 22.4 Å². The zero-order valence-corrected chi connectivity index (χ0v) is 17.0. The van der Waals surface area contributed by atoms with Crippen molar-refractivity contribution in [2.24, 2.45) is 10.2 Å². The highest BCUT2D eigenvalue weighted by Gasteiger charge is 2.01. The molecule has 4 heteroatoms. The van der Waals surface area contributed by atoms with Gasteiger partial charge >= 0.3 is 0 Å². The quantitative estimate of drug-likeness (QED) is 0.312. The zero-order valence-electron chi connectivity index (χ0n) is 17.0. The molecular formula is C25H26N2O2. The Morgan fingerprint density at radius 3 is 1.76 bits per heavy atom. The van der Waals surface area contributed by atoms with E-state index in [1.807, 2.05) is 67.6 Å². The van der Waals surface area contributed by atoms with E-state index < -0.39 is 0 Å². The molecule has 0 aliphatic heterocycles. The molecule has 148 valence electrons. The summed E-state index contributed by atoms with van der Waals surface area (Å²) in [6.07, 6.45) is 1.38. The molecule has 0 heterocycles. The molecule has 3 aromatic rings. The number of carbonyl (C=O) groups is 1. The van der Waals surface area contributed by atoms with Gasteiger partial charge in [-0.3, -0.25) is 4.79 Å². The van der Waals surface area contributed by atoms with Gasteiger partial charge in [0.1, 0.15) is 5.78 Å². The smallest absolute Gasteiger partial charge is 0.134 e. The number of nitrogens with zero attached hydrogens (tertiary/aromatic N) is 2. The van der Waals surface area contributed by atoms with Gasteiger partial charge in [-0.1, -0.05) is 48.5 Å². The second-order valence-corrected chi connectivity index (χ2v) is 6.94. The van der Waals surface area contributed by atoms with Crippen LogP contribution in [0.1, 0.15) is 25.0 Å². The van der Waals surface area contributed by atoms with E-state index in [-0.39, 0.29) is 5.78 Å². The van der Waals surface area contributed by atoms with E-state index in [1.165, 1.54) is 5.56 Å². The number of ether oxygens (including phenoxy) is 1. The lowest BCUT2D eigenvalue weighted by Crippen LogP contribution is -1.97. The summed E-state index contributed by atoms with van der Waals surface area (Å²) in [5.41, 5.74) is 6.13. The maximum atomic E-state index is 11.2. The molecule has 0 saturated carbocycles. The average molecular weight is 386 g/mol. The van der Waals surface area contributed by atoms with E-state index in [0.717, 1.165) is 47.7 Å². The molecule has 3 rings (SSSR count). The van der Waals surface area contributed by atoms with Crippen molar-refractivity contribution in [3.63, 3.8) is 0 Å². The normalized spacial score (nSPS) is 11.1. The van der Waals surface area contributed by atoms with Crippen LogP contribution in [0.25, 0.3) is 11.1 Å². The highest BCUT2D eigenvalue weighted by atomic mass is 16.5. The number of hydrogen-bond acceptors (Lipinski definition) is 4. The first-order chi connectivity index (χ1) is 14.1. The molecule has 0 aromatic heterocycles. The van der Waals surface area contributed by atoms with E-state index in [0.29, 0.717) is 6.42 Å². The summed E-state index contributed by atoms with van der Waals surface area (Å²) >= 11 is 0. The Morgan fingerprint density at radius 2 is 1.24 bits per heavy atom. The maximum Gasteiger partial charge on any atom is 0.134 e. The van der Waals surface area contributed by atoms with E-state index in [4.69, 9.17) is 4.74 Å². The number of ketones is 1. The molecule has 0 saturated heterocycles. The molecule has 0 fully saturated rings. The molecule has 0 unspecified atom stereocenters. The predicted molar refractivity (Wildman–Crippen MR) is 117 cm³/mol. The highest BCUT2D eigenvalue weighted by Crippen LogP contribution is 2.25. The molecule has 0 atom stereocenters. The number of azo groups is 1. The number of rotatable bonds is 9. The van der Waals surface area contributed by atoms with Crippen LogP contribution < -0.4 is 0 Å². The predicted octanol–water partition coefficient (Wildman–Crippen LogP) is 6.48. The fourth-order valence-corrected chi connectivity index (χ4v) is 3.00. The van der Waals surface area contributed by atoms with Crippen LogP contribution in [-0.4, -0.2) is 19.0 Å². The van der Waals surface area contributed by atoms with Gasteiger partial charge in [-0.05, 0) is 66.8 Å². The third kappa shape index (κ3) is 6.47. The van der Waals surface area contributed by atoms with Crippen molar-refractivity contribution in [1.82, 2.24) is 0 Å². The minimum absolute atomic E-state index is 0.174. The highest BCUT2D eigenvalue weighted by molar-refractivity contribution is 5.78. The molecule has 3 aromatic carbocycles. The maximum absolute atomic E-state index is 11.2. The van der Waals surface area contributed by atoms with Crippen molar-refractivity contribution in [3.8, 4) is 11.1 Å². The molecule has 0 spiro atoms. The van der Waals surface area contributed by atoms with Crippen LogP contribution in [0.4, 0.5) is 11.4 Å². The molecule has 0 aliphatic carbocycles. The van der Waals surface area contributed by atoms with Gasteiger partial charge in [0.2, 0.25) is 0 Å². The van der Waals surface area contributed by atoms with Gasteiger partial charge in [0.15, 0.2) is 0 Å². The third-order valence-electron chi connectivity index (χ3n) is 4.56. The van der Waals surface area contributed by atoms with Crippen LogP contribution in [-0.2, 0) is 22.4 Å². The Bertz CT molecular complexity index is 944. The lowest BCUT2D eigenvalue weighted by molar-refractivity contribution is -0.116. The second-order valence-electron chi connectivity index (χ2n) is 6.94. The van der Waals surface area contributed by atoms with Crippen LogP contribution >= 0.6 is 0 Å². The topological polar surface area (TPSA) is 51.0 Å². The number of hydrogen-bond donors (Lipinski definition) is 0.